The molecule has 0 aromatic rings. The van der Waals surface area contributed by atoms with Crippen LogP contribution >= 0.6 is 0 Å². The van der Waals surface area contributed by atoms with Crippen LogP contribution in [-0.2, 0) is 0 Å². The fourth-order valence-electron chi connectivity index (χ4n) is 3.77. The number of hydrogen-bond donors (Lipinski definition) is 1. The van der Waals surface area contributed by atoms with Gasteiger partial charge in [-0.3, -0.25) is 0 Å². The molecule has 0 aromatic carbocycles. The number of allylic oxidation sites excluding steroid dienone is 1. The Morgan fingerprint density at radius 3 is 2.35 bits per heavy atom. The first-order valence-electron chi connectivity index (χ1n) is 8.74. The molecule has 3 atom stereocenters. The van der Waals surface area contributed by atoms with Gasteiger partial charge in [-0.05, 0) is 81.6 Å². The molecule has 0 amide bonds. The molecule has 0 aliphatic heterocycles. The zero-order valence-electron chi connectivity index (χ0n) is 14.2. The summed E-state index contributed by atoms with van der Waals surface area (Å²) in [7, 11) is 0. The van der Waals surface area contributed by atoms with Crippen molar-refractivity contribution in [2.24, 2.45) is 23.2 Å². The Bertz CT molecular complexity index is 321. The Labute approximate surface area is 126 Å². The molecule has 2 fully saturated rings. The van der Waals surface area contributed by atoms with Crippen LogP contribution in [0.15, 0.2) is 12.2 Å². The summed E-state index contributed by atoms with van der Waals surface area (Å²) < 4.78 is 0. The maximum Gasteiger partial charge on any atom is 0.00683 e. The lowest BCUT2D eigenvalue weighted by molar-refractivity contribution is 0.0925. The lowest BCUT2D eigenvalue weighted by Crippen LogP contribution is -2.37. The van der Waals surface area contributed by atoms with Gasteiger partial charge in [-0.2, -0.15) is 0 Å². The molecule has 20 heavy (non-hydrogen) atoms. The van der Waals surface area contributed by atoms with Crippen LogP contribution in [0.2, 0.25) is 0 Å². The van der Waals surface area contributed by atoms with E-state index in [9.17, 15) is 0 Å². The highest BCUT2D eigenvalue weighted by Gasteiger charge is 2.36. The average Bonchev–Trinajstić information content (AvgIpc) is 3.17. The van der Waals surface area contributed by atoms with Crippen LogP contribution in [0.3, 0.4) is 0 Å². The van der Waals surface area contributed by atoms with Gasteiger partial charge in [-0.1, -0.05) is 26.3 Å². The maximum atomic E-state index is 4.10. The van der Waals surface area contributed by atoms with Crippen LogP contribution in [0.1, 0.15) is 72.6 Å². The predicted octanol–water partition coefficient (Wildman–Crippen LogP) is 5.17. The van der Waals surface area contributed by atoms with E-state index in [1.54, 1.807) is 0 Å². The topological polar surface area (TPSA) is 12.0 Å². The van der Waals surface area contributed by atoms with Gasteiger partial charge in [0.15, 0.2) is 0 Å². The van der Waals surface area contributed by atoms with E-state index in [1.807, 2.05) is 0 Å². The van der Waals surface area contributed by atoms with Crippen molar-refractivity contribution in [3.8, 4) is 0 Å². The summed E-state index contributed by atoms with van der Waals surface area (Å²) in [4.78, 5) is 0. The van der Waals surface area contributed by atoms with Crippen molar-refractivity contribution < 1.29 is 0 Å². The number of hydrogen-bond acceptors (Lipinski definition) is 1. The van der Waals surface area contributed by atoms with Crippen molar-refractivity contribution in [3.63, 3.8) is 0 Å². The number of rotatable bonds is 6. The second kappa shape index (κ2) is 6.64. The fourth-order valence-corrected chi connectivity index (χ4v) is 3.77. The summed E-state index contributed by atoms with van der Waals surface area (Å²) in [6.45, 7) is 14.8. The minimum atomic E-state index is 0.483. The third kappa shape index (κ3) is 4.91. The molecule has 1 heteroatoms. The molecule has 0 bridgehead atoms. The largest absolute Gasteiger partial charge is 0.314 e. The summed E-state index contributed by atoms with van der Waals surface area (Å²) in [5.74, 6) is 2.74. The minimum absolute atomic E-state index is 0.483. The predicted molar refractivity (Wildman–Crippen MR) is 88.8 cm³/mol. The SMILES string of the molecule is C=C(C)CCC1CC(C(C)(C)C)CCC1CNC1CC1. The third-order valence-electron chi connectivity index (χ3n) is 5.55. The Morgan fingerprint density at radius 1 is 1.10 bits per heavy atom. The Hall–Kier alpha value is -0.300. The highest BCUT2D eigenvalue weighted by molar-refractivity contribution is 4.93. The molecule has 1 nitrogen and oxygen atoms in total. The Balaban J connectivity index is 1.89. The monoisotopic (exact) mass is 277 g/mol. The van der Waals surface area contributed by atoms with Gasteiger partial charge in [0.25, 0.3) is 0 Å². The molecule has 116 valence electrons. The van der Waals surface area contributed by atoms with Crippen LogP contribution in [0.4, 0.5) is 0 Å². The Morgan fingerprint density at radius 2 is 1.80 bits per heavy atom. The molecule has 2 rings (SSSR count). The van der Waals surface area contributed by atoms with E-state index in [1.165, 1.54) is 57.1 Å². The van der Waals surface area contributed by atoms with Gasteiger partial charge in [0.05, 0.1) is 0 Å². The van der Waals surface area contributed by atoms with Crippen LogP contribution in [0, 0.1) is 23.2 Å². The van der Waals surface area contributed by atoms with Crippen molar-refractivity contribution in [2.75, 3.05) is 6.54 Å². The van der Waals surface area contributed by atoms with Crippen molar-refractivity contribution >= 4 is 0 Å². The molecule has 0 saturated heterocycles. The van der Waals surface area contributed by atoms with E-state index >= 15 is 0 Å². The summed E-state index contributed by atoms with van der Waals surface area (Å²) in [5.41, 5.74) is 1.84. The Kier molecular flexibility index (Phi) is 5.34. The summed E-state index contributed by atoms with van der Waals surface area (Å²) in [6.07, 6.45) is 9.71. The molecule has 0 radical (unpaired) electrons. The third-order valence-corrected chi connectivity index (χ3v) is 5.55. The average molecular weight is 277 g/mol. The smallest absolute Gasteiger partial charge is 0.00683 e. The zero-order valence-corrected chi connectivity index (χ0v) is 14.2. The van der Waals surface area contributed by atoms with Crippen LogP contribution < -0.4 is 5.32 Å². The number of nitrogens with one attached hydrogen (secondary N) is 1. The highest BCUT2D eigenvalue weighted by Crippen LogP contribution is 2.44. The minimum Gasteiger partial charge on any atom is -0.314 e. The van der Waals surface area contributed by atoms with E-state index in [0.717, 1.165) is 23.8 Å². The molecule has 0 spiro atoms. The molecule has 2 saturated carbocycles. The lowest BCUT2D eigenvalue weighted by Gasteiger charge is -2.42. The van der Waals surface area contributed by atoms with E-state index in [4.69, 9.17) is 0 Å². The van der Waals surface area contributed by atoms with Crippen LogP contribution in [-0.4, -0.2) is 12.6 Å². The lowest BCUT2D eigenvalue weighted by atomic mass is 9.64. The normalized spacial score (nSPS) is 31.3. The van der Waals surface area contributed by atoms with Gasteiger partial charge in [0.2, 0.25) is 0 Å². The van der Waals surface area contributed by atoms with E-state index in [2.05, 4.69) is 39.6 Å². The summed E-state index contributed by atoms with van der Waals surface area (Å²) >= 11 is 0. The van der Waals surface area contributed by atoms with Gasteiger partial charge < -0.3 is 5.32 Å². The van der Waals surface area contributed by atoms with E-state index in [0.29, 0.717) is 5.41 Å². The molecule has 0 heterocycles. The standard InChI is InChI=1S/C19H35N/c1-14(2)6-7-15-12-17(19(3,4)5)9-8-16(15)13-20-18-10-11-18/h15-18,20H,1,6-13H2,2-5H3. The van der Waals surface area contributed by atoms with Crippen molar-refractivity contribution in [1.29, 1.82) is 0 Å². The van der Waals surface area contributed by atoms with Crippen molar-refractivity contribution in [3.05, 3.63) is 12.2 Å². The van der Waals surface area contributed by atoms with Gasteiger partial charge >= 0.3 is 0 Å². The first kappa shape index (κ1) is 16.1. The molecule has 3 unspecified atom stereocenters. The molecule has 2 aliphatic carbocycles. The second-order valence-electron chi connectivity index (χ2n) is 8.57. The molecule has 1 N–H and O–H groups in total. The van der Waals surface area contributed by atoms with Crippen LogP contribution in [0.5, 0.6) is 0 Å². The summed E-state index contributed by atoms with van der Waals surface area (Å²) in [6, 6.07) is 0.858. The molecular weight excluding hydrogens is 242 g/mol. The first-order valence-corrected chi connectivity index (χ1v) is 8.74. The van der Waals surface area contributed by atoms with Crippen molar-refractivity contribution in [1.82, 2.24) is 5.32 Å². The zero-order chi connectivity index (χ0) is 14.8. The highest BCUT2D eigenvalue weighted by atomic mass is 14.9. The fraction of sp³-hybridized carbons (Fsp3) is 0.895. The van der Waals surface area contributed by atoms with Gasteiger partial charge in [-0.15, -0.1) is 6.58 Å². The van der Waals surface area contributed by atoms with Crippen LogP contribution in [0.25, 0.3) is 0 Å². The van der Waals surface area contributed by atoms with Gasteiger partial charge in [0, 0.05) is 6.04 Å². The quantitative estimate of drug-likeness (QED) is 0.660. The first-order chi connectivity index (χ1) is 9.36. The second-order valence-corrected chi connectivity index (χ2v) is 8.57. The maximum absolute atomic E-state index is 4.10. The van der Waals surface area contributed by atoms with Gasteiger partial charge in [-0.25, -0.2) is 0 Å². The summed E-state index contributed by atoms with van der Waals surface area (Å²) in [5, 5.41) is 3.78. The van der Waals surface area contributed by atoms with Gasteiger partial charge in [0.1, 0.15) is 0 Å². The van der Waals surface area contributed by atoms with E-state index in [-0.39, 0.29) is 0 Å². The molecular formula is C19H35N. The van der Waals surface area contributed by atoms with Crippen molar-refractivity contribution in [2.45, 2.75) is 78.7 Å². The molecule has 0 aromatic heterocycles. The molecule has 2 aliphatic rings. The van der Waals surface area contributed by atoms with E-state index < -0.39 is 0 Å².